The van der Waals surface area contributed by atoms with Crippen molar-refractivity contribution in [1.82, 2.24) is 10.6 Å². The Morgan fingerprint density at radius 3 is 2.38 bits per heavy atom. The molecule has 47 heavy (non-hydrogen) atoms. The maximum atomic E-state index is 13.5. The van der Waals surface area contributed by atoms with Crippen LogP contribution in [0.1, 0.15) is 60.5 Å². The summed E-state index contributed by atoms with van der Waals surface area (Å²) in [4.78, 5) is 39.5. The maximum Gasteiger partial charge on any atom is 0.338 e. The smallest absolute Gasteiger partial charge is 0.338 e. The third-order valence-electron chi connectivity index (χ3n) is 9.21. The van der Waals surface area contributed by atoms with E-state index in [4.69, 9.17) is 19.3 Å². The van der Waals surface area contributed by atoms with Crippen LogP contribution in [-0.4, -0.2) is 82.5 Å². The number of allylic oxidation sites excluding steroid dienone is 1. The van der Waals surface area contributed by atoms with Gasteiger partial charge in [-0.05, 0) is 74.4 Å². The minimum absolute atomic E-state index is 0.0203. The number of carbonyl (C=O) groups excluding carboxylic acids is 3. The van der Waals surface area contributed by atoms with Crippen LogP contribution in [0.2, 0.25) is 0 Å². The van der Waals surface area contributed by atoms with Gasteiger partial charge in [-0.25, -0.2) is 4.79 Å². The Kier molecular flexibility index (Phi) is 9.79. The Bertz CT molecular complexity index is 1520. The first-order chi connectivity index (χ1) is 22.7. The highest BCUT2D eigenvalue weighted by Gasteiger charge is 2.64. The molecule has 3 aliphatic carbocycles. The van der Waals surface area contributed by atoms with Gasteiger partial charge < -0.3 is 40.2 Å². The number of amides is 2. The number of benzene rings is 2. The molecule has 11 heteroatoms. The van der Waals surface area contributed by atoms with E-state index in [1.54, 1.807) is 42.5 Å². The average Bonchev–Trinajstić information content (AvgIpc) is 4.01. The van der Waals surface area contributed by atoms with Crippen LogP contribution in [-0.2, 0) is 30.2 Å². The number of aliphatic hydroxyl groups excluding tert-OH is 2. The van der Waals surface area contributed by atoms with Crippen molar-refractivity contribution in [3.8, 4) is 5.75 Å². The molecule has 3 fully saturated rings. The van der Waals surface area contributed by atoms with Gasteiger partial charge in [0.05, 0.1) is 18.3 Å². The summed E-state index contributed by atoms with van der Waals surface area (Å²) in [6, 6.07) is 12.9. The Morgan fingerprint density at radius 1 is 1.04 bits per heavy atom. The van der Waals surface area contributed by atoms with E-state index in [0.717, 1.165) is 36.8 Å². The number of para-hydroxylation sites is 1. The number of nitrogens with one attached hydrogen (secondary N) is 2. The van der Waals surface area contributed by atoms with Gasteiger partial charge in [-0.15, -0.1) is 0 Å². The van der Waals surface area contributed by atoms with E-state index in [1.807, 2.05) is 24.3 Å². The van der Waals surface area contributed by atoms with Gasteiger partial charge in [-0.3, -0.25) is 9.59 Å². The van der Waals surface area contributed by atoms with Gasteiger partial charge in [0.15, 0.2) is 5.79 Å². The van der Waals surface area contributed by atoms with E-state index in [9.17, 15) is 24.6 Å². The highest BCUT2D eigenvalue weighted by atomic mass is 16.8. The van der Waals surface area contributed by atoms with Crippen molar-refractivity contribution in [1.29, 1.82) is 0 Å². The lowest BCUT2D eigenvalue weighted by Crippen LogP contribution is -2.54. The topological polar surface area (TPSA) is 164 Å². The number of ether oxygens (including phenoxy) is 3. The maximum absolute atomic E-state index is 13.5. The summed E-state index contributed by atoms with van der Waals surface area (Å²) in [7, 11) is 0. The molecular formula is C36H42N2O9. The summed E-state index contributed by atoms with van der Waals surface area (Å²) in [5.74, 6) is -1.80. The third-order valence-corrected chi connectivity index (χ3v) is 9.21. The lowest BCUT2D eigenvalue weighted by atomic mass is 9.91. The molecule has 2 amide bonds. The molecule has 5 atom stereocenters. The number of fused-ring (bicyclic) bond motifs is 1. The van der Waals surface area contributed by atoms with E-state index in [-0.39, 0.29) is 42.7 Å². The van der Waals surface area contributed by atoms with Crippen molar-refractivity contribution in [3.63, 3.8) is 0 Å². The van der Waals surface area contributed by atoms with Gasteiger partial charge >= 0.3 is 5.97 Å². The minimum atomic E-state index is -1.25. The number of carbonyl (C=O) groups is 3. The van der Waals surface area contributed by atoms with Crippen molar-refractivity contribution in [2.45, 2.75) is 81.7 Å². The molecule has 1 aliphatic heterocycles. The summed E-state index contributed by atoms with van der Waals surface area (Å²) in [5.41, 5.74) is 2.29. The minimum Gasteiger partial charge on any atom is -0.508 e. The molecule has 0 radical (unpaired) electrons. The molecule has 2 saturated carbocycles. The van der Waals surface area contributed by atoms with Gasteiger partial charge in [-0.1, -0.05) is 42.5 Å². The molecule has 0 spiro atoms. The number of aromatic hydroxyl groups is 1. The fourth-order valence-corrected chi connectivity index (χ4v) is 6.44. The molecular weight excluding hydrogens is 604 g/mol. The lowest BCUT2D eigenvalue weighted by molar-refractivity contribution is -0.209. The molecule has 2 aromatic carbocycles. The third kappa shape index (κ3) is 7.43. The van der Waals surface area contributed by atoms with E-state index < -0.39 is 54.0 Å². The molecule has 6 rings (SSSR count). The molecule has 5 N–H and O–H groups in total. The van der Waals surface area contributed by atoms with Crippen LogP contribution in [0.25, 0.3) is 6.08 Å². The Hall–Kier alpha value is -4.03. The highest BCUT2D eigenvalue weighted by Crippen LogP contribution is 2.59. The second-order valence-electron chi connectivity index (χ2n) is 12.8. The second-order valence-corrected chi connectivity index (χ2v) is 12.8. The number of rotatable bonds is 13. The van der Waals surface area contributed by atoms with Gasteiger partial charge in [0, 0.05) is 30.4 Å². The fraction of sp³-hybridized carbons (Fsp3) is 0.472. The zero-order chi connectivity index (χ0) is 33.1. The largest absolute Gasteiger partial charge is 0.508 e. The summed E-state index contributed by atoms with van der Waals surface area (Å²) in [6.45, 7) is 1.09. The van der Waals surface area contributed by atoms with Crippen molar-refractivity contribution in [3.05, 3.63) is 82.9 Å². The Labute approximate surface area is 273 Å². The van der Waals surface area contributed by atoms with Gasteiger partial charge in [0.2, 0.25) is 11.8 Å². The number of phenols is 1. The number of aliphatic hydroxyl groups is 2. The molecule has 1 saturated heterocycles. The average molecular weight is 647 g/mol. The van der Waals surface area contributed by atoms with E-state index >= 15 is 0 Å². The Morgan fingerprint density at radius 2 is 1.74 bits per heavy atom. The van der Waals surface area contributed by atoms with Crippen molar-refractivity contribution < 1.29 is 43.9 Å². The monoisotopic (exact) mass is 646 g/mol. The standard InChI is InChI=1S/C36H42N2O9/c1-21(40)31(34(43)37-17-18-39)38-33(42)25-19-29(32-30(20-25)46-36(47-32,26-13-14-26)27-15-16-27)45-35(44)24-11-9-22(10-12-24)5-4-7-23-6-2-3-8-28(23)41/h2-6,8-12,20-21,26-27,29-32,39-41H,7,13-19H2,1H3,(H,37,43)(H,38,42). The summed E-state index contributed by atoms with van der Waals surface area (Å²) in [6.07, 6.45) is 6.82. The molecule has 4 aliphatic rings. The number of esters is 1. The van der Waals surface area contributed by atoms with Gasteiger partial charge in [0.25, 0.3) is 0 Å². The van der Waals surface area contributed by atoms with E-state index in [2.05, 4.69) is 10.6 Å². The summed E-state index contributed by atoms with van der Waals surface area (Å²) >= 11 is 0. The lowest BCUT2D eigenvalue weighted by Gasteiger charge is -2.31. The fourth-order valence-electron chi connectivity index (χ4n) is 6.44. The molecule has 0 bridgehead atoms. The van der Waals surface area contributed by atoms with Crippen molar-refractivity contribution in [2.24, 2.45) is 11.8 Å². The van der Waals surface area contributed by atoms with E-state index in [0.29, 0.717) is 12.0 Å². The normalized spacial score (nSPS) is 24.6. The van der Waals surface area contributed by atoms with Crippen LogP contribution in [0.5, 0.6) is 5.75 Å². The van der Waals surface area contributed by atoms with Crippen LogP contribution in [0.15, 0.2) is 66.3 Å². The number of phenolic OH excluding ortho intramolecular Hbond substituents is 1. The van der Waals surface area contributed by atoms with Crippen LogP contribution >= 0.6 is 0 Å². The first-order valence-electron chi connectivity index (χ1n) is 16.4. The SMILES string of the molecule is CC(O)C(NC(=O)C1=CC2OC(C3CC3)(C3CC3)OC2C(OC(=O)c2ccc(C=CCc3ccccc3O)cc2)C1)C(=O)NCCO. The summed E-state index contributed by atoms with van der Waals surface area (Å²) in [5, 5.41) is 34.3. The predicted octanol–water partition coefficient (Wildman–Crippen LogP) is 2.78. The van der Waals surface area contributed by atoms with Crippen LogP contribution in [0, 0.1) is 11.8 Å². The molecule has 1 heterocycles. The quantitative estimate of drug-likeness (QED) is 0.206. The zero-order valence-corrected chi connectivity index (χ0v) is 26.3. The van der Waals surface area contributed by atoms with Crippen molar-refractivity contribution in [2.75, 3.05) is 13.2 Å². The molecule has 250 valence electrons. The molecule has 5 unspecified atom stereocenters. The second kappa shape index (κ2) is 14.0. The summed E-state index contributed by atoms with van der Waals surface area (Å²) < 4.78 is 19.3. The van der Waals surface area contributed by atoms with Crippen molar-refractivity contribution >= 4 is 23.9 Å². The Balaban J connectivity index is 1.16. The van der Waals surface area contributed by atoms with E-state index in [1.165, 1.54) is 6.92 Å². The highest BCUT2D eigenvalue weighted by molar-refractivity contribution is 5.97. The van der Waals surface area contributed by atoms with Gasteiger partial charge in [0.1, 0.15) is 30.1 Å². The van der Waals surface area contributed by atoms with Crippen LogP contribution in [0.4, 0.5) is 0 Å². The first-order valence-corrected chi connectivity index (χ1v) is 16.4. The predicted molar refractivity (Wildman–Crippen MR) is 171 cm³/mol. The van der Waals surface area contributed by atoms with Crippen LogP contribution < -0.4 is 10.6 Å². The molecule has 11 nitrogen and oxygen atoms in total. The zero-order valence-electron chi connectivity index (χ0n) is 26.3. The van der Waals surface area contributed by atoms with Crippen LogP contribution in [0.3, 0.4) is 0 Å². The molecule has 2 aromatic rings. The van der Waals surface area contributed by atoms with Gasteiger partial charge in [-0.2, -0.15) is 0 Å². The first kappa shape index (κ1) is 32.9. The number of hydrogen-bond donors (Lipinski definition) is 5. The number of hydrogen-bond acceptors (Lipinski definition) is 9. The molecule has 0 aromatic heterocycles.